The van der Waals surface area contributed by atoms with Crippen LogP contribution in [0.5, 0.6) is 0 Å². The molecule has 0 atom stereocenters. The highest BCUT2D eigenvalue weighted by Crippen LogP contribution is 2.29. The number of aromatic nitrogens is 1. The molecule has 0 unspecified atom stereocenters. The first-order valence-corrected chi connectivity index (χ1v) is 5.02. The molecule has 1 nitrogen and oxygen atoms in total. The van der Waals surface area contributed by atoms with Crippen molar-refractivity contribution in [2.24, 2.45) is 0 Å². The van der Waals surface area contributed by atoms with Crippen LogP contribution in [0.2, 0.25) is 0 Å². The van der Waals surface area contributed by atoms with Crippen LogP contribution in [0.25, 0.3) is 0 Å². The van der Waals surface area contributed by atoms with E-state index in [0.29, 0.717) is 0 Å². The predicted molar refractivity (Wildman–Crippen MR) is 50.1 cm³/mol. The first kappa shape index (κ1) is 7.90. The fourth-order valence-corrected chi connectivity index (χ4v) is 2.11. The maximum Gasteiger partial charge on any atom is 0.0258 e. The fraction of sp³-hybridized carbons (Fsp3) is 0.636. The molecule has 1 heteroatoms. The normalized spacial score (nSPS) is 20.7. The van der Waals surface area contributed by atoms with E-state index in [1.807, 2.05) is 12.3 Å². The van der Waals surface area contributed by atoms with Crippen LogP contribution in [-0.2, 0) is 0 Å². The topological polar surface area (TPSA) is 15.8 Å². The molecular weight excluding hydrogens is 146 g/mol. The second-order valence-corrected chi connectivity index (χ2v) is 3.72. The predicted octanol–water partition coefficient (Wildman–Crippen LogP) is 3.25. The van der Waals surface area contributed by atoms with Gasteiger partial charge in [0.1, 0.15) is 0 Å². The SMILES string of the molecule is [c]1cc[nH]c1C1CCCCCC1. The van der Waals surface area contributed by atoms with Gasteiger partial charge in [0.05, 0.1) is 0 Å². The molecule has 12 heavy (non-hydrogen) atoms. The van der Waals surface area contributed by atoms with Crippen LogP contribution in [0, 0.1) is 6.07 Å². The lowest BCUT2D eigenvalue weighted by molar-refractivity contribution is 0.580. The summed E-state index contributed by atoms with van der Waals surface area (Å²) in [4.78, 5) is 3.28. The molecule has 2 rings (SSSR count). The van der Waals surface area contributed by atoms with E-state index in [9.17, 15) is 0 Å². The van der Waals surface area contributed by atoms with Crippen LogP contribution < -0.4 is 0 Å². The van der Waals surface area contributed by atoms with Gasteiger partial charge in [0.25, 0.3) is 0 Å². The maximum atomic E-state index is 3.28. The Balaban J connectivity index is 2.02. The van der Waals surface area contributed by atoms with Crippen LogP contribution >= 0.6 is 0 Å². The molecule has 1 N–H and O–H groups in total. The Kier molecular flexibility index (Phi) is 2.50. The second-order valence-electron chi connectivity index (χ2n) is 3.72. The zero-order chi connectivity index (χ0) is 8.23. The summed E-state index contributed by atoms with van der Waals surface area (Å²) in [6, 6.07) is 5.27. The molecule has 1 aromatic heterocycles. The van der Waals surface area contributed by atoms with Gasteiger partial charge in [0.15, 0.2) is 0 Å². The summed E-state index contributed by atoms with van der Waals surface area (Å²) in [5.41, 5.74) is 1.33. The third-order valence-electron chi connectivity index (χ3n) is 2.82. The standard InChI is InChI=1S/C11H16N/c1-2-4-7-10(6-3-1)11-8-5-9-12-11/h5,9-10,12H,1-4,6-7H2. The molecule has 1 fully saturated rings. The first-order valence-electron chi connectivity index (χ1n) is 5.02. The van der Waals surface area contributed by atoms with E-state index in [0.717, 1.165) is 5.92 Å². The molecule has 0 aliphatic heterocycles. The second kappa shape index (κ2) is 3.79. The molecule has 1 heterocycles. The fourth-order valence-electron chi connectivity index (χ4n) is 2.11. The number of rotatable bonds is 1. The van der Waals surface area contributed by atoms with E-state index in [-0.39, 0.29) is 0 Å². The molecular formula is C11H16N. The van der Waals surface area contributed by atoms with Crippen LogP contribution in [0.1, 0.15) is 50.1 Å². The monoisotopic (exact) mass is 162 g/mol. The molecule has 0 bridgehead atoms. The van der Waals surface area contributed by atoms with Gasteiger partial charge in [-0.1, -0.05) is 25.7 Å². The lowest BCUT2D eigenvalue weighted by atomic mass is 9.97. The Morgan fingerprint density at radius 3 is 2.50 bits per heavy atom. The number of hydrogen-bond donors (Lipinski definition) is 1. The average molecular weight is 162 g/mol. The molecule has 1 aromatic rings. The van der Waals surface area contributed by atoms with Gasteiger partial charge in [0.2, 0.25) is 0 Å². The van der Waals surface area contributed by atoms with Gasteiger partial charge in [-0.05, 0) is 24.8 Å². The van der Waals surface area contributed by atoms with Crippen LogP contribution in [0.15, 0.2) is 12.3 Å². The summed E-state index contributed by atoms with van der Waals surface area (Å²) in [7, 11) is 0. The first-order chi connectivity index (χ1) is 5.97. The van der Waals surface area contributed by atoms with Gasteiger partial charge in [-0.2, -0.15) is 0 Å². The highest BCUT2D eigenvalue weighted by Gasteiger charge is 2.14. The molecule has 65 valence electrons. The number of hydrogen-bond acceptors (Lipinski definition) is 0. The van der Waals surface area contributed by atoms with Gasteiger partial charge < -0.3 is 4.98 Å². The maximum absolute atomic E-state index is 3.28. The third kappa shape index (κ3) is 1.71. The Hall–Kier alpha value is -0.720. The van der Waals surface area contributed by atoms with E-state index >= 15 is 0 Å². The van der Waals surface area contributed by atoms with Gasteiger partial charge in [-0.15, -0.1) is 0 Å². The summed E-state index contributed by atoms with van der Waals surface area (Å²) in [5.74, 6) is 0.766. The van der Waals surface area contributed by atoms with Gasteiger partial charge in [-0.25, -0.2) is 0 Å². The van der Waals surface area contributed by atoms with Crippen molar-refractivity contribution in [3.05, 3.63) is 24.0 Å². The minimum absolute atomic E-state index is 0.766. The largest absolute Gasteiger partial charge is 0.364 e. The summed E-state index contributed by atoms with van der Waals surface area (Å²) in [6.45, 7) is 0. The lowest BCUT2D eigenvalue weighted by Gasteiger charge is -2.10. The molecule has 0 aromatic carbocycles. The van der Waals surface area contributed by atoms with E-state index in [4.69, 9.17) is 0 Å². The van der Waals surface area contributed by atoms with Crippen molar-refractivity contribution in [1.29, 1.82) is 0 Å². The molecule has 1 aliphatic carbocycles. The van der Waals surface area contributed by atoms with Crippen molar-refractivity contribution in [3.8, 4) is 0 Å². The van der Waals surface area contributed by atoms with E-state index in [1.54, 1.807) is 0 Å². The Bertz CT molecular complexity index is 205. The van der Waals surface area contributed by atoms with E-state index in [1.165, 1.54) is 44.2 Å². The summed E-state index contributed by atoms with van der Waals surface area (Å²) in [5, 5.41) is 0. The Morgan fingerprint density at radius 1 is 1.17 bits per heavy atom. The van der Waals surface area contributed by atoms with Crippen molar-refractivity contribution in [2.45, 2.75) is 44.4 Å². The summed E-state index contributed by atoms with van der Waals surface area (Å²) >= 11 is 0. The van der Waals surface area contributed by atoms with E-state index in [2.05, 4.69) is 11.1 Å². The molecule has 0 amide bonds. The van der Waals surface area contributed by atoms with Crippen LogP contribution in [0.3, 0.4) is 0 Å². The third-order valence-corrected chi connectivity index (χ3v) is 2.82. The quantitative estimate of drug-likeness (QED) is 0.610. The van der Waals surface area contributed by atoms with Gasteiger partial charge >= 0.3 is 0 Å². The van der Waals surface area contributed by atoms with Crippen molar-refractivity contribution < 1.29 is 0 Å². The van der Waals surface area contributed by atoms with Crippen molar-refractivity contribution in [1.82, 2.24) is 4.98 Å². The van der Waals surface area contributed by atoms with Crippen LogP contribution in [0.4, 0.5) is 0 Å². The summed E-state index contributed by atoms with van der Waals surface area (Å²) in [6.07, 6.45) is 10.4. The number of aromatic amines is 1. The molecule has 1 radical (unpaired) electrons. The number of H-pyrrole nitrogens is 1. The zero-order valence-electron chi connectivity index (χ0n) is 7.47. The van der Waals surface area contributed by atoms with Gasteiger partial charge in [-0.3, -0.25) is 0 Å². The lowest BCUT2D eigenvalue weighted by Crippen LogP contribution is -1.96. The van der Waals surface area contributed by atoms with Crippen molar-refractivity contribution in [2.75, 3.05) is 0 Å². The molecule has 1 aliphatic rings. The van der Waals surface area contributed by atoms with Gasteiger partial charge in [0, 0.05) is 18.0 Å². The smallest absolute Gasteiger partial charge is 0.0258 e. The summed E-state index contributed by atoms with van der Waals surface area (Å²) < 4.78 is 0. The Morgan fingerprint density at radius 2 is 1.92 bits per heavy atom. The molecule has 0 spiro atoms. The average Bonchev–Trinajstić information content (AvgIpc) is 2.48. The van der Waals surface area contributed by atoms with Crippen LogP contribution in [-0.4, -0.2) is 4.98 Å². The number of nitrogens with one attached hydrogen (secondary N) is 1. The highest BCUT2D eigenvalue weighted by molar-refractivity contribution is 5.08. The van der Waals surface area contributed by atoms with E-state index < -0.39 is 0 Å². The molecule has 0 saturated heterocycles. The Labute approximate surface area is 74.2 Å². The highest BCUT2D eigenvalue weighted by atomic mass is 14.7. The van der Waals surface area contributed by atoms with Crippen molar-refractivity contribution in [3.63, 3.8) is 0 Å². The zero-order valence-corrected chi connectivity index (χ0v) is 7.47. The minimum Gasteiger partial charge on any atom is -0.364 e. The van der Waals surface area contributed by atoms with Crippen molar-refractivity contribution >= 4 is 0 Å². The minimum atomic E-state index is 0.766. The molecule has 1 saturated carbocycles.